The second-order valence-corrected chi connectivity index (χ2v) is 8.68. The summed E-state index contributed by atoms with van der Waals surface area (Å²) < 4.78 is 12.4. The van der Waals surface area contributed by atoms with Gasteiger partial charge in [-0.2, -0.15) is 9.97 Å². The minimum Gasteiger partial charge on any atom is -0.399 e. The van der Waals surface area contributed by atoms with Crippen molar-refractivity contribution in [3.8, 4) is 0 Å². The molecule has 1 aliphatic rings. The highest BCUT2D eigenvalue weighted by Gasteiger charge is 2.26. The number of benzene rings is 2. The molecule has 1 fully saturated rings. The largest absolute Gasteiger partial charge is 0.399 e. The van der Waals surface area contributed by atoms with E-state index in [0.29, 0.717) is 29.9 Å². The first-order chi connectivity index (χ1) is 16.1. The van der Waals surface area contributed by atoms with E-state index in [2.05, 4.69) is 50.6 Å². The molecular formula is C25H28FN7. The van der Waals surface area contributed by atoms with Crippen LogP contribution in [-0.2, 0) is 6.42 Å². The van der Waals surface area contributed by atoms with Gasteiger partial charge in [0.1, 0.15) is 18.1 Å². The van der Waals surface area contributed by atoms with Crippen molar-refractivity contribution < 1.29 is 4.39 Å². The maximum atomic E-state index is 12.4. The molecule has 0 bridgehead atoms. The van der Waals surface area contributed by atoms with Crippen LogP contribution in [0.5, 0.6) is 0 Å². The number of aromatic amines is 1. The van der Waals surface area contributed by atoms with Crippen LogP contribution in [0.15, 0.2) is 54.7 Å². The Bertz CT molecular complexity index is 1260. The van der Waals surface area contributed by atoms with Gasteiger partial charge in [0.15, 0.2) is 0 Å². The Morgan fingerprint density at radius 1 is 1.12 bits per heavy atom. The molecule has 0 unspecified atom stereocenters. The lowest BCUT2D eigenvalue weighted by molar-refractivity contribution is 0.0930. The van der Waals surface area contributed by atoms with Crippen molar-refractivity contribution in [3.05, 3.63) is 65.9 Å². The number of anilines is 5. The topological polar surface area (TPSA) is 94.9 Å². The molecular weight excluding hydrogens is 417 g/mol. The SMILES string of the molecule is Cc1cc(CC2CN(CCF)C2)ccc1Nc1nc(Nc2cccc(N)c2)c2cc[nH]c2n1. The summed E-state index contributed by atoms with van der Waals surface area (Å²) in [6, 6.07) is 16.0. The van der Waals surface area contributed by atoms with Gasteiger partial charge in [-0.05, 0) is 60.7 Å². The van der Waals surface area contributed by atoms with Crippen LogP contribution in [0, 0.1) is 12.8 Å². The number of rotatable bonds is 8. The maximum Gasteiger partial charge on any atom is 0.231 e. The van der Waals surface area contributed by atoms with E-state index in [1.165, 1.54) is 5.56 Å². The van der Waals surface area contributed by atoms with E-state index in [4.69, 9.17) is 10.7 Å². The molecule has 0 atom stereocenters. The summed E-state index contributed by atoms with van der Waals surface area (Å²) in [5.41, 5.74) is 11.6. The van der Waals surface area contributed by atoms with Gasteiger partial charge in [-0.15, -0.1) is 0 Å². The van der Waals surface area contributed by atoms with Crippen LogP contribution in [0.25, 0.3) is 11.0 Å². The number of hydrogen-bond acceptors (Lipinski definition) is 6. The minimum absolute atomic E-state index is 0.265. The number of H-pyrrole nitrogens is 1. The quantitative estimate of drug-likeness (QED) is 0.292. The number of hydrogen-bond donors (Lipinski definition) is 4. The van der Waals surface area contributed by atoms with Crippen LogP contribution in [0.2, 0.25) is 0 Å². The van der Waals surface area contributed by atoms with Gasteiger partial charge in [0.25, 0.3) is 0 Å². The van der Waals surface area contributed by atoms with E-state index in [0.717, 1.165) is 47.5 Å². The maximum absolute atomic E-state index is 12.4. The second kappa shape index (κ2) is 9.07. The van der Waals surface area contributed by atoms with Gasteiger partial charge in [-0.3, -0.25) is 0 Å². The third-order valence-electron chi connectivity index (χ3n) is 6.06. The highest BCUT2D eigenvalue weighted by molar-refractivity contribution is 5.90. The lowest BCUT2D eigenvalue weighted by Crippen LogP contribution is -2.48. The third kappa shape index (κ3) is 4.75. The number of likely N-dealkylation sites (tertiary alicyclic amines) is 1. The van der Waals surface area contributed by atoms with Gasteiger partial charge in [0.2, 0.25) is 5.95 Å². The zero-order valence-electron chi connectivity index (χ0n) is 18.6. The normalized spacial score (nSPS) is 14.4. The molecule has 1 aliphatic heterocycles. The lowest BCUT2D eigenvalue weighted by Gasteiger charge is -2.38. The number of aromatic nitrogens is 3. The highest BCUT2D eigenvalue weighted by atomic mass is 19.1. The van der Waals surface area contributed by atoms with Crippen molar-refractivity contribution in [1.82, 2.24) is 19.9 Å². The molecule has 0 radical (unpaired) electrons. The summed E-state index contributed by atoms with van der Waals surface area (Å²) in [4.78, 5) is 14.7. The van der Waals surface area contributed by atoms with Crippen LogP contribution in [0.3, 0.4) is 0 Å². The van der Waals surface area contributed by atoms with Gasteiger partial charge in [0.05, 0.1) is 5.39 Å². The molecule has 5 N–H and O–H groups in total. The fourth-order valence-corrected chi connectivity index (χ4v) is 4.40. The van der Waals surface area contributed by atoms with Gasteiger partial charge < -0.3 is 26.3 Å². The smallest absolute Gasteiger partial charge is 0.231 e. The molecule has 3 heterocycles. The number of alkyl halides is 1. The summed E-state index contributed by atoms with van der Waals surface area (Å²) in [5, 5.41) is 7.62. The predicted molar refractivity (Wildman–Crippen MR) is 132 cm³/mol. The van der Waals surface area contributed by atoms with Crippen molar-refractivity contribution >= 4 is 39.9 Å². The number of nitrogens with one attached hydrogen (secondary N) is 3. The van der Waals surface area contributed by atoms with Crippen molar-refractivity contribution in [3.63, 3.8) is 0 Å². The van der Waals surface area contributed by atoms with Crippen LogP contribution in [0.1, 0.15) is 11.1 Å². The molecule has 5 rings (SSSR count). The zero-order valence-corrected chi connectivity index (χ0v) is 18.6. The first-order valence-corrected chi connectivity index (χ1v) is 11.2. The Balaban J connectivity index is 1.32. The number of aryl methyl sites for hydroxylation is 1. The summed E-state index contributed by atoms with van der Waals surface area (Å²) >= 11 is 0. The van der Waals surface area contributed by atoms with Crippen molar-refractivity contribution in [1.29, 1.82) is 0 Å². The Morgan fingerprint density at radius 3 is 2.79 bits per heavy atom. The number of halogens is 1. The summed E-state index contributed by atoms with van der Waals surface area (Å²) in [6.45, 7) is 4.34. The van der Waals surface area contributed by atoms with Crippen LogP contribution in [0.4, 0.5) is 33.2 Å². The van der Waals surface area contributed by atoms with Crippen molar-refractivity contribution in [2.45, 2.75) is 13.3 Å². The van der Waals surface area contributed by atoms with E-state index >= 15 is 0 Å². The number of nitrogens with two attached hydrogens (primary N) is 1. The fraction of sp³-hybridized carbons (Fsp3) is 0.280. The molecule has 0 aliphatic carbocycles. The molecule has 4 aromatic rings. The van der Waals surface area contributed by atoms with Gasteiger partial charge in [-0.1, -0.05) is 18.2 Å². The van der Waals surface area contributed by atoms with E-state index in [-0.39, 0.29) is 6.67 Å². The molecule has 0 amide bonds. The monoisotopic (exact) mass is 445 g/mol. The molecule has 0 spiro atoms. The van der Waals surface area contributed by atoms with Crippen molar-refractivity contribution in [2.24, 2.45) is 5.92 Å². The van der Waals surface area contributed by atoms with Crippen molar-refractivity contribution in [2.75, 3.05) is 42.7 Å². The van der Waals surface area contributed by atoms with E-state index in [9.17, 15) is 4.39 Å². The number of nitrogen functional groups attached to an aromatic ring is 1. The fourth-order valence-electron chi connectivity index (χ4n) is 4.40. The number of fused-ring (bicyclic) bond motifs is 1. The molecule has 170 valence electrons. The van der Waals surface area contributed by atoms with Gasteiger partial charge >= 0.3 is 0 Å². The molecule has 33 heavy (non-hydrogen) atoms. The first-order valence-electron chi connectivity index (χ1n) is 11.2. The zero-order chi connectivity index (χ0) is 22.8. The Hall–Kier alpha value is -3.65. The summed E-state index contributed by atoms with van der Waals surface area (Å²) in [7, 11) is 0. The van der Waals surface area contributed by atoms with E-state index in [1.807, 2.05) is 36.5 Å². The number of nitrogens with zero attached hydrogens (tertiary/aromatic N) is 3. The molecule has 2 aromatic heterocycles. The lowest BCUT2D eigenvalue weighted by atomic mass is 9.91. The Kier molecular flexibility index (Phi) is 5.83. The average Bonchev–Trinajstić information content (AvgIpc) is 3.23. The molecule has 2 aromatic carbocycles. The molecule has 8 heteroatoms. The summed E-state index contributed by atoms with van der Waals surface area (Å²) in [6.07, 6.45) is 2.87. The molecule has 0 saturated carbocycles. The first kappa shape index (κ1) is 21.2. The van der Waals surface area contributed by atoms with E-state index < -0.39 is 0 Å². The molecule has 7 nitrogen and oxygen atoms in total. The van der Waals surface area contributed by atoms with Crippen LogP contribution >= 0.6 is 0 Å². The Labute approximate surface area is 192 Å². The standard InChI is InChI=1S/C25H28FN7/c1-16-11-17(12-18-14-33(15-18)10-8-26)5-6-22(16)30-25-31-23-21(7-9-28-23)24(32-25)29-20-4-2-3-19(27)13-20/h2-7,9,11,13,18H,8,10,12,14-15,27H2,1H3,(H3,28,29,30,31,32). The highest BCUT2D eigenvalue weighted by Crippen LogP contribution is 2.28. The second-order valence-electron chi connectivity index (χ2n) is 8.68. The van der Waals surface area contributed by atoms with E-state index in [1.54, 1.807) is 0 Å². The average molecular weight is 446 g/mol. The minimum atomic E-state index is -0.265. The molecule has 1 saturated heterocycles. The third-order valence-corrected chi connectivity index (χ3v) is 6.06. The van der Waals surface area contributed by atoms with Crippen LogP contribution < -0.4 is 16.4 Å². The van der Waals surface area contributed by atoms with Crippen LogP contribution in [-0.4, -0.2) is 46.2 Å². The predicted octanol–water partition coefficient (Wildman–Crippen LogP) is 4.78. The summed E-state index contributed by atoms with van der Waals surface area (Å²) in [5.74, 6) is 1.81. The van der Waals surface area contributed by atoms with Gasteiger partial charge in [0, 0.05) is 42.9 Å². The van der Waals surface area contributed by atoms with Gasteiger partial charge in [-0.25, -0.2) is 4.39 Å². The Morgan fingerprint density at radius 2 is 2.00 bits per heavy atom.